The van der Waals surface area contributed by atoms with Gasteiger partial charge in [0, 0.05) is 23.5 Å². The molecule has 0 unspecified atom stereocenters. The third-order valence-corrected chi connectivity index (χ3v) is 5.32. The minimum Gasteiger partial charge on any atom is -0.351 e. The Morgan fingerprint density at radius 1 is 1.14 bits per heavy atom. The molecule has 1 saturated heterocycles. The second-order valence-electron chi connectivity index (χ2n) is 7.99. The minimum atomic E-state index is -0.112. The molecule has 130 valence electrons. The van der Waals surface area contributed by atoms with Crippen molar-refractivity contribution in [2.24, 2.45) is 5.92 Å². The second kappa shape index (κ2) is 6.88. The Morgan fingerprint density at radius 2 is 1.59 bits per heavy atom. The second-order valence-corrected chi connectivity index (χ2v) is 7.99. The van der Waals surface area contributed by atoms with Gasteiger partial charge in [-0.25, -0.2) is 0 Å². The number of carbonyl (C=O) groups excluding carboxylic acids is 1. The van der Waals surface area contributed by atoms with Crippen LogP contribution in [0.1, 0.15) is 81.1 Å². The molecule has 0 radical (unpaired) electrons. The topological polar surface area (TPSA) is 41.6 Å². The van der Waals surface area contributed by atoms with E-state index in [1.54, 1.807) is 6.92 Å². The maximum Gasteiger partial charge on any atom is 0.217 e. The molecular formula is C18H36N2O2. The number of rotatable bonds is 6. The highest BCUT2D eigenvalue weighted by molar-refractivity contribution is 5.73. The molecule has 1 heterocycles. The Bertz CT molecular complexity index is 369. The zero-order chi connectivity index (χ0) is 17.2. The first-order chi connectivity index (χ1) is 10.0. The molecule has 1 fully saturated rings. The van der Waals surface area contributed by atoms with E-state index in [4.69, 9.17) is 4.84 Å². The molecule has 0 aromatic heterocycles. The summed E-state index contributed by atoms with van der Waals surface area (Å²) in [5, 5.41) is 5.47. The van der Waals surface area contributed by atoms with Gasteiger partial charge in [0.15, 0.2) is 0 Å². The van der Waals surface area contributed by atoms with Crippen LogP contribution in [0, 0.1) is 5.92 Å². The van der Waals surface area contributed by atoms with Gasteiger partial charge in [-0.3, -0.25) is 9.63 Å². The summed E-state index contributed by atoms with van der Waals surface area (Å²) in [6.07, 6.45) is 3.99. The molecule has 1 aliphatic heterocycles. The number of nitrogens with one attached hydrogen (secondary N) is 1. The minimum absolute atomic E-state index is 0.0452. The van der Waals surface area contributed by atoms with Crippen LogP contribution in [0.25, 0.3) is 0 Å². The molecule has 22 heavy (non-hydrogen) atoms. The predicted octanol–water partition coefficient (Wildman–Crippen LogP) is 3.90. The Balaban J connectivity index is 3.14. The van der Waals surface area contributed by atoms with Crippen molar-refractivity contribution in [2.45, 2.75) is 97.7 Å². The molecule has 4 heteroatoms. The summed E-state index contributed by atoms with van der Waals surface area (Å²) in [5.41, 5.74) is -0.203. The highest BCUT2D eigenvalue weighted by Crippen LogP contribution is 2.47. The molecule has 0 spiro atoms. The summed E-state index contributed by atoms with van der Waals surface area (Å²) in [6, 6.07) is 0. The lowest BCUT2D eigenvalue weighted by molar-refractivity contribution is -0.289. The van der Waals surface area contributed by atoms with Crippen LogP contribution in [0.2, 0.25) is 0 Å². The Kier molecular flexibility index (Phi) is 6.07. The average Bonchev–Trinajstić information content (AvgIpc) is 2.39. The summed E-state index contributed by atoms with van der Waals surface area (Å²) < 4.78 is 0. The molecule has 0 aromatic rings. The van der Waals surface area contributed by atoms with Crippen LogP contribution in [0.3, 0.4) is 0 Å². The summed E-state index contributed by atoms with van der Waals surface area (Å²) in [4.78, 5) is 17.7. The molecule has 0 bridgehead atoms. The van der Waals surface area contributed by atoms with Gasteiger partial charge in [0.2, 0.25) is 5.91 Å². The molecule has 1 amide bonds. The van der Waals surface area contributed by atoms with Gasteiger partial charge < -0.3 is 5.32 Å². The van der Waals surface area contributed by atoms with Gasteiger partial charge in [-0.05, 0) is 66.2 Å². The van der Waals surface area contributed by atoms with Crippen molar-refractivity contribution < 1.29 is 9.63 Å². The number of hydrogen-bond acceptors (Lipinski definition) is 3. The summed E-state index contributed by atoms with van der Waals surface area (Å²) in [7, 11) is 0. The third kappa shape index (κ3) is 3.83. The highest BCUT2D eigenvalue weighted by atomic mass is 16.7. The van der Waals surface area contributed by atoms with Crippen LogP contribution < -0.4 is 5.32 Å². The molecule has 4 nitrogen and oxygen atoms in total. The molecule has 0 saturated carbocycles. The smallest absolute Gasteiger partial charge is 0.217 e. The standard InChI is InChI=1S/C18H36N2O2/c1-9-18(10-2,19-14(4)21)15-12-16(5,6)20(22-11-3)17(7,8)13-15/h15H,9-13H2,1-8H3,(H,19,21). The SMILES string of the molecule is CCON1C(C)(C)CC(C(CC)(CC)NC(C)=O)CC1(C)C. The quantitative estimate of drug-likeness (QED) is 0.808. The Labute approximate surface area is 136 Å². The number of carbonyl (C=O) groups is 1. The first kappa shape index (κ1) is 19.4. The molecule has 0 aromatic carbocycles. The van der Waals surface area contributed by atoms with Crippen molar-refractivity contribution in [2.75, 3.05) is 6.61 Å². The maximum atomic E-state index is 11.8. The normalized spacial score (nSPS) is 22.5. The van der Waals surface area contributed by atoms with Crippen molar-refractivity contribution in [1.29, 1.82) is 0 Å². The van der Waals surface area contributed by atoms with Crippen molar-refractivity contribution in [3.8, 4) is 0 Å². The maximum absolute atomic E-state index is 11.8. The van der Waals surface area contributed by atoms with Gasteiger partial charge >= 0.3 is 0 Å². The number of piperidine rings is 1. The van der Waals surface area contributed by atoms with Crippen LogP contribution in [0.4, 0.5) is 0 Å². The fraction of sp³-hybridized carbons (Fsp3) is 0.944. The number of hydrogen-bond donors (Lipinski definition) is 1. The fourth-order valence-electron chi connectivity index (χ4n) is 4.59. The number of hydroxylamine groups is 2. The Morgan fingerprint density at radius 3 is 1.91 bits per heavy atom. The van der Waals surface area contributed by atoms with Crippen molar-refractivity contribution in [3.63, 3.8) is 0 Å². The monoisotopic (exact) mass is 312 g/mol. The van der Waals surface area contributed by atoms with Crippen molar-refractivity contribution in [3.05, 3.63) is 0 Å². The molecular weight excluding hydrogens is 276 g/mol. The van der Waals surface area contributed by atoms with Crippen LogP contribution in [0.5, 0.6) is 0 Å². The molecule has 1 rings (SSSR count). The lowest BCUT2D eigenvalue weighted by atomic mass is 9.65. The van der Waals surface area contributed by atoms with Gasteiger partial charge in [-0.15, -0.1) is 0 Å². The fourth-order valence-corrected chi connectivity index (χ4v) is 4.59. The van der Waals surface area contributed by atoms with E-state index in [0.29, 0.717) is 12.5 Å². The van der Waals surface area contributed by atoms with E-state index in [9.17, 15) is 4.79 Å². The van der Waals surface area contributed by atoms with Gasteiger partial charge in [0.05, 0.1) is 6.61 Å². The highest BCUT2D eigenvalue weighted by Gasteiger charge is 2.51. The number of amides is 1. The van der Waals surface area contributed by atoms with E-state index >= 15 is 0 Å². The largest absolute Gasteiger partial charge is 0.351 e. The lowest BCUT2D eigenvalue weighted by Gasteiger charge is -2.57. The molecule has 1 N–H and O–H groups in total. The zero-order valence-corrected chi connectivity index (χ0v) is 15.9. The predicted molar refractivity (Wildman–Crippen MR) is 91.5 cm³/mol. The van der Waals surface area contributed by atoms with Gasteiger partial charge in [0.1, 0.15) is 0 Å². The summed E-state index contributed by atoms with van der Waals surface area (Å²) in [6.45, 7) is 17.7. The summed E-state index contributed by atoms with van der Waals surface area (Å²) >= 11 is 0. The third-order valence-electron chi connectivity index (χ3n) is 5.32. The van der Waals surface area contributed by atoms with Crippen LogP contribution in [-0.4, -0.2) is 34.2 Å². The van der Waals surface area contributed by atoms with E-state index in [2.05, 4.69) is 51.9 Å². The van der Waals surface area contributed by atoms with E-state index in [0.717, 1.165) is 25.7 Å². The number of nitrogens with zero attached hydrogens (tertiary/aromatic N) is 1. The van der Waals surface area contributed by atoms with E-state index in [-0.39, 0.29) is 22.5 Å². The van der Waals surface area contributed by atoms with Crippen LogP contribution >= 0.6 is 0 Å². The first-order valence-corrected chi connectivity index (χ1v) is 8.76. The zero-order valence-electron chi connectivity index (χ0n) is 15.9. The summed E-state index contributed by atoms with van der Waals surface area (Å²) in [5.74, 6) is 0.527. The van der Waals surface area contributed by atoms with Gasteiger partial charge in [-0.2, -0.15) is 5.06 Å². The molecule has 0 aliphatic carbocycles. The van der Waals surface area contributed by atoms with E-state index < -0.39 is 0 Å². The van der Waals surface area contributed by atoms with Crippen molar-refractivity contribution >= 4 is 5.91 Å². The van der Waals surface area contributed by atoms with Gasteiger partial charge in [0.25, 0.3) is 0 Å². The average molecular weight is 312 g/mol. The molecule has 0 atom stereocenters. The van der Waals surface area contributed by atoms with E-state index in [1.807, 2.05) is 6.92 Å². The Hall–Kier alpha value is -0.610. The first-order valence-electron chi connectivity index (χ1n) is 8.76. The lowest BCUT2D eigenvalue weighted by Crippen LogP contribution is -2.65. The van der Waals surface area contributed by atoms with Gasteiger partial charge in [-0.1, -0.05) is 13.8 Å². The van der Waals surface area contributed by atoms with Crippen LogP contribution in [-0.2, 0) is 9.63 Å². The van der Waals surface area contributed by atoms with Crippen molar-refractivity contribution in [1.82, 2.24) is 10.4 Å². The van der Waals surface area contributed by atoms with Crippen LogP contribution in [0.15, 0.2) is 0 Å². The van der Waals surface area contributed by atoms with E-state index in [1.165, 1.54) is 0 Å². The molecule has 1 aliphatic rings.